The van der Waals surface area contributed by atoms with Crippen molar-refractivity contribution >= 4 is 50.7 Å². The fourth-order valence-corrected chi connectivity index (χ4v) is 2.91. The number of amides is 1. The molecule has 0 fully saturated rings. The van der Waals surface area contributed by atoms with Crippen LogP contribution in [0.5, 0.6) is 11.5 Å². The number of aromatic nitrogens is 1. The van der Waals surface area contributed by atoms with E-state index in [0.717, 1.165) is 11.8 Å². The van der Waals surface area contributed by atoms with Gasteiger partial charge >= 0.3 is 6.61 Å². The van der Waals surface area contributed by atoms with Gasteiger partial charge in [-0.05, 0) is 31.0 Å². The topological polar surface area (TPSA) is 60.5 Å². The van der Waals surface area contributed by atoms with Crippen LogP contribution >= 0.6 is 39.1 Å². The number of nitrogens with zero attached hydrogens (tertiary/aromatic N) is 1. The van der Waals surface area contributed by atoms with E-state index < -0.39 is 12.5 Å². The van der Waals surface area contributed by atoms with Crippen molar-refractivity contribution in [2.45, 2.75) is 19.5 Å². The molecule has 5 nitrogen and oxygen atoms in total. The molecule has 0 aliphatic heterocycles. The van der Waals surface area contributed by atoms with Gasteiger partial charge in [-0.15, -0.1) is 0 Å². The van der Waals surface area contributed by atoms with Gasteiger partial charge in [-0.2, -0.15) is 8.78 Å². The first-order valence-electron chi connectivity index (χ1n) is 7.80. The maximum absolute atomic E-state index is 12.6. The number of carbonyl (C=O) groups is 1. The number of rotatable bonds is 9. The minimum Gasteiger partial charge on any atom is -0.490 e. The van der Waals surface area contributed by atoms with Gasteiger partial charge in [0, 0.05) is 23.3 Å². The number of nitrogens with one attached hydrogen (secondary N) is 1. The molecule has 0 unspecified atom stereocenters. The zero-order valence-corrected chi connectivity index (χ0v) is 17.0. The minimum absolute atomic E-state index is 0.0458. The van der Waals surface area contributed by atoms with Crippen molar-refractivity contribution in [3.8, 4) is 11.5 Å². The number of alkyl halides is 3. The van der Waals surface area contributed by atoms with Gasteiger partial charge in [0.1, 0.15) is 0 Å². The molecule has 0 saturated heterocycles. The van der Waals surface area contributed by atoms with Crippen LogP contribution < -0.4 is 14.8 Å². The highest BCUT2D eigenvalue weighted by Gasteiger charge is 2.17. The van der Waals surface area contributed by atoms with E-state index in [1.807, 2.05) is 0 Å². The molecule has 0 aliphatic carbocycles. The Balaban J connectivity index is 2.21. The van der Waals surface area contributed by atoms with Crippen LogP contribution in [0.2, 0.25) is 10.0 Å². The SMILES string of the molecule is O=C(Nc1c(Cl)cncc1Cl)c1ccc(OC(F)F)c(OCCCCBr)c1. The van der Waals surface area contributed by atoms with Crippen LogP contribution in [0.3, 0.4) is 0 Å². The molecule has 1 amide bonds. The van der Waals surface area contributed by atoms with E-state index in [2.05, 4.69) is 31.0 Å². The summed E-state index contributed by atoms with van der Waals surface area (Å²) in [6.07, 6.45) is 4.23. The Morgan fingerprint density at radius 3 is 2.52 bits per heavy atom. The molecule has 0 saturated carbocycles. The minimum atomic E-state index is -3.01. The number of unbranched alkanes of at least 4 members (excludes halogenated alkanes) is 1. The second-order valence-corrected chi connectivity index (χ2v) is 6.82. The van der Waals surface area contributed by atoms with Crippen molar-refractivity contribution in [1.82, 2.24) is 4.98 Å². The Morgan fingerprint density at radius 2 is 1.89 bits per heavy atom. The summed E-state index contributed by atoms with van der Waals surface area (Å²) >= 11 is 15.3. The molecule has 2 aromatic rings. The highest BCUT2D eigenvalue weighted by atomic mass is 79.9. The van der Waals surface area contributed by atoms with Gasteiger partial charge in [-0.25, -0.2) is 0 Å². The molecule has 0 aliphatic rings. The van der Waals surface area contributed by atoms with Gasteiger partial charge in [0.2, 0.25) is 0 Å². The number of hydrogen-bond donors (Lipinski definition) is 1. The summed E-state index contributed by atoms with van der Waals surface area (Å²) in [5.74, 6) is -0.649. The number of pyridine rings is 1. The van der Waals surface area contributed by atoms with E-state index in [9.17, 15) is 13.6 Å². The molecule has 1 aromatic heterocycles. The molecule has 1 heterocycles. The standard InChI is InChI=1S/C17H15BrCl2F2N2O3/c18-5-1-2-6-26-14-7-10(3-4-13(14)27-17(21)22)16(25)24-15-11(19)8-23-9-12(15)20/h3-4,7-9,17H,1-2,5-6H2,(H,23,24,25). The highest BCUT2D eigenvalue weighted by Crippen LogP contribution is 2.32. The zero-order valence-electron chi connectivity index (χ0n) is 13.9. The van der Waals surface area contributed by atoms with Crippen molar-refractivity contribution in [3.05, 3.63) is 46.2 Å². The largest absolute Gasteiger partial charge is 0.490 e. The lowest BCUT2D eigenvalue weighted by Crippen LogP contribution is -2.14. The molecule has 146 valence electrons. The van der Waals surface area contributed by atoms with E-state index in [4.69, 9.17) is 27.9 Å². The lowest BCUT2D eigenvalue weighted by Gasteiger charge is -2.14. The van der Waals surface area contributed by atoms with Crippen LogP contribution in [0.15, 0.2) is 30.6 Å². The van der Waals surface area contributed by atoms with Crippen molar-refractivity contribution in [2.24, 2.45) is 0 Å². The Bertz CT molecular complexity index is 777. The smallest absolute Gasteiger partial charge is 0.387 e. The van der Waals surface area contributed by atoms with Crippen molar-refractivity contribution < 1.29 is 23.0 Å². The van der Waals surface area contributed by atoms with Crippen LogP contribution in [0.25, 0.3) is 0 Å². The third-order valence-electron chi connectivity index (χ3n) is 3.30. The van der Waals surface area contributed by atoms with Crippen molar-refractivity contribution in [1.29, 1.82) is 0 Å². The first-order valence-corrected chi connectivity index (χ1v) is 9.68. The van der Waals surface area contributed by atoms with Crippen LogP contribution in [0.1, 0.15) is 23.2 Å². The molecule has 27 heavy (non-hydrogen) atoms. The first kappa shape index (κ1) is 21.7. The second-order valence-electron chi connectivity index (χ2n) is 5.22. The fourth-order valence-electron chi connectivity index (χ4n) is 2.05. The lowest BCUT2D eigenvalue weighted by molar-refractivity contribution is -0.0515. The number of benzene rings is 1. The summed E-state index contributed by atoms with van der Waals surface area (Å²) in [5, 5.41) is 3.70. The Hall–Kier alpha value is -1.64. The van der Waals surface area contributed by atoms with E-state index >= 15 is 0 Å². The third kappa shape index (κ3) is 6.48. The predicted molar refractivity (Wildman–Crippen MR) is 104 cm³/mol. The molecular formula is C17H15BrCl2F2N2O3. The average Bonchev–Trinajstić information content (AvgIpc) is 2.62. The summed E-state index contributed by atoms with van der Waals surface area (Å²) in [6.45, 7) is -2.72. The van der Waals surface area contributed by atoms with Gasteiger partial charge in [-0.1, -0.05) is 39.1 Å². The van der Waals surface area contributed by atoms with Crippen molar-refractivity contribution in [2.75, 3.05) is 17.3 Å². The molecule has 0 atom stereocenters. The quantitative estimate of drug-likeness (QED) is 0.362. The van der Waals surface area contributed by atoms with Crippen molar-refractivity contribution in [3.63, 3.8) is 0 Å². The molecule has 10 heteroatoms. The maximum Gasteiger partial charge on any atom is 0.387 e. The van der Waals surface area contributed by atoms with Gasteiger partial charge in [0.15, 0.2) is 11.5 Å². The maximum atomic E-state index is 12.6. The monoisotopic (exact) mass is 482 g/mol. The lowest BCUT2D eigenvalue weighted by atomic mass is 10.2. The molecule has 1 N–H and O–H groups in total. The Morgan fingerprint density at radius 1 is 1.19 bits per heavy atom. The molecular weight excluding hydrogens is 469 g/mol. The Kier molecular flexibility index (Phi) is 8.53. The molecule has 0 bridgehead atoms. The van der Waals surface area contributed by atoms with E-state index in [-0.39, 0.29) is 39.4 Å². The fraction of sp³-hybridized carbons (Fsp3) is 0.294. The summed E-state index contributed by atoms with van der Waals surface area (Å²) in [4.78, 5) is 16.3. The first-order chi connectivity index (χ1) is 12.9. The molecule has 0 spiro atoms. The predicted octanol–water partition coefficient (Wildman–Crippen LogP) is 5.80. The van der Waals surface area contributed by atoms with Gasteiger partial charge < -0.3 is 14.8 Å². The highest BCUT2D eigenvalue weighted by molar-refractivity contribution is 9.09. The third-order valence-corrected chi connectivity index (χ3v) is 4.43. The van der Waals surface area contributed by atoms with Gasteiger partial charge in [-0.3, -0.25) is 9.78 Å². The van der Waals surface area contributed by atoms with Crippen LogP contribution in [-0.4, -0.2) is 29.4 Å². The van der Waals surface area contributed by atoms with Gasteiger partial charge in [0.25, 0.3) is 5.91 Å². The summed E-state index contributed by atoms with van der Waals surface area (Å²) in [5.41, 5.74) is 0.363. The number of ether oxygens (including phenoxy) is 2. The van der Waals surface area contributed by atoms with E-state index in [0.29, 0.717) is 6.42 Å². The van der Waals surface area contributed by atoms with Gasteiger partial charge in [0.05, 0.1) is 22.3 Å². The number of anilines is 1. The number of carbonyl (C=O) groups excluding carboxylic acids is 1. The summed E-state index contributed by atoms with van der Waals surface area (Å²) in [6, 6.07) is 3.90. The van der Waals surface area contributed by atoms with E-state index in [1.54, 1.807) is 0 Å². The number of halogens is 5. The van der Waals surface area contributed by atoms with Crippen LogP contribution in [0.4, 0.5) is 14.5 Å². The van der Waals surface area contributed by atoms with Crippen LogP contribution in [-0.2, 0) is 0 Å². The normalized spacial score (nSPS) is 10.7. The zero-order chi connectivity index (χ0) is 19.8. The molecule has 2 rings (SSSR count). The van der Waals surface area contributed by atoms with E-state index in [1.165, 1.54) is 30.6 Å². The summed E-state index contributed by atoms with van der Waals surface area (Å²) < 4.78 is 35.1. The number of hydrogen-bond acceptors (Lipinski definition) is 4. The average molecular weight is 484 g/mol. The Labute approximate surface area is 173 Å². The molecule has 0 radical (unpaired) electrons. The van der Waals surface area contributed by atoms with Crippen LogP contribution in [0, 0.1) is 0 Å². The second kappa shape index (κ2) is 10.6. The molecule has 1 aromatic carbocycles. The summed E-state index contributed by atoms with van der Waals surface area (Å²) in [7, 11) is 0.